The third kappa shape index (κ3) is 2.82. The summed E-state index contributed by atoms with van der Waals surface area (Å²) in [5.74, 6) is 0.982. The molecule has 0 saturated carbocycles. The molecular weight excluding hydrogens is 379 g/mol. The number of thiazole rings is 1. The average molecular weight is 396 g/mol. The van der Waals surface area contributed by atoms with Crippen molar-refractivity contribution in [2.24, 2.45) is 0 Å². The van der Waals surface area contributed by atoms with Crippen LogP contribution >= 0.6 is 11.3 Å². The predicted octanol–water partition coefficient (Wildman–Crippen LogP) is 4.58. The maximum atomic E-state index is 13.8. The van der Waals surface area contributed by atoms with Crippen molar-refractivity contribution in [1.29, 1.82) is 0 Å². The zero-order valence-electron chi connectivity index (χ0n) is 15.2. The first-order valence-electron chi connectivity index (χ1n) is 9.06. The molecule has 2 aromatic carbocycles. The molecule has 0 spiro atoms. The number of amides is 1. The summed E-state index contributed by atoms with van der Waals surface area (Å²) in [4.78, 5) is 19.4. The lowest BCUT2D eigenvalue weighted by molar-refractivity contribution is 0.0981. The highest BCUT2D eigenvalue weighted by Gasteiger charge is 2.27. The van der Waals surface area contributed by atoms with Gasteiger partial charge in [0.25, 0.3) is 5.91 Å². The van der Waals surface area contributed by atoms with E-state index in [1.807, 2.05) is 25.1 Å². The van der Waals surface area contributed by atoms with E-state index in [2.05, 4.69) is 4.98 Å². The van der Waals surface area contributed by atoms with Crippen molar-refractivity contribution < 1.29 is 18.7 Å². The Bertz CT molecular complexity index is 1100. The average Bonchev–Trinajstić information content (AvgIpc) is 3.35. The van der Waals surface area contributed by atoms with E-state index in [1.165, 1.54) is 23.5 Å². The number of hydrogen-bond donors (Lipinski definition) is 0. The molecule has 0 atom stereocenters. The molecule has 1 aromatic heterocycles. The van der Waals surface area contributed by atoms with Gasteiger partial charge in [-0.1, -0.05) is 0 Å². The number of hydrogen-bond acceptors (Lipinski definition) is 5. The molecule has 142 valence electrons. The zero-order valence-corrected chi connectivity index (χ0v) is 16.0. The molecule has 3 aromatic rings. The summed E-state index contributed by atoms with van der Waals surface area (Å²) in [7, 11) is 0. The fourth-order valence-corrected chi connectivity index (χ4v) is 4.59. The summed E-state index contributed by atoms with van der Waals surface area (Å²) in [6, 6.07) is 8.63. The lowest BCUT2D eigenvalue weighted by Gasteiger charge is -2.30. The fourth-order valence-electron chi connectivity index (χ4n) is 3.80. The van der Waals surface area contributed by atoms with E-state index in [1.54, 1.807) is 10.3 Å². The number of aromatic nitrogens is 1. The van der Waals surface area contributed by atoms with Crippen molar-refractivity contribution in [1.82, 2.24) is 4.98 Å². The summed E-state index contributed by atoms with van der Waals surface area (Å²) < 4.78 is 24.5. The van der Waals surface area contributed by atoms with Gasteiger partial charge in [-0.3, -0.25) is 4.79 Å². The van der Waals surface area contributed by atoms with Gasteiger partial charge in [0.05, 0.1) is 5.69 Å². The highest BCUT2D eigenvalue weighted by molar-refractivity contribution is 7.13. The number of aryl methyl sites for hydroxylation is 2. The minimum atomic E-state index is -0.260. The summed E-state index contributed by atoms with van der Waals surface area (Å²) in [5.41, 5.74) is 3.74. The van der Waals surface area contributed by atoms with E-state index in [-0.39, 0.29) is 18.5 Å². The Morgan fingerprint density at radius 3 is 2.96 bits per heavy atom. The first kappa shape index (κ1) is 17.2. The van der Waals surface area contributed by atoms with Crippen LogP contribution in [0.3, 0.4) is 0 Å². The Hall–Kier alpha value is -2.93. The molecule has 1 amide bonds. The predicted molar refractivity (Wildman–Crippen MR) is 105 cm³/mol. The molecular formula is C21H17FN2O3S. The second-order valence-corrected chi connectivity index (χ2v) is 7.75. The fraction of sp³-hybridized carbons (Fsp3) is 0.238. The monoisotopic (exact) mass is 396 g/mol. The molecule has 0 fully saturated rings. The van der Waals surface area contributed by atoms with Gasteiger partial charge in [0, 0.05) is 17.5 Å². The van der Waals surface area contributed by atoms with Crippen LogP contribution in [0.15, 0.2) is 35.7 Å². The number of fused-ring (bicyclic) bond motifs is 2. The quantitative estimate of drug-likeness (QED) is 0.636. The van der Waals surface area contributed by atoms with Crippen LogP contribution in [0, 0.1) is 12.7 Å². The second-order valence-electron chi connectivity index (χ2n) is 6.90. The molecule has 0 aliphatic carbocycles. The molecule has 0 bridgehead atoms. The van der Waals surface area contributed by atoms with Gasteiger partial charge >= 0.3 is 0 Å². The van der Waals surface area contributed by atoms with Crippen LogP contribution in [0.1, 0.15) is 28.0 Å². The van der Waals surface area contributed by atoms with Gasteiger partial charge in [0.1, 0.15) is 16.5 Å². The van der Waals surface area contributed by atoms with Crippen LogP contribution in [0.5, 0.6) is 11.5 Å². The SMILES string of the molecule is Cc1cc(F)cc2c1N(C(=O)c1csc(-c3ccc4c(c3)OCO4)n1)CCC2. The van der Waals surface area contributed by atoms with Gasteiger partial charge < -0.3 is 14.4 Å². The van der Waals surface area contributed by atoms with Crippen LogP contribution < -0.4 is 14.4 Å². The first-order chi connectivity index (χ1) is 13.6. The summed E-state index contributed by atoms with van der Waals surface area (Å²) >= 11 is 1.41. The molecule has 28 heavy (non-hydrogen) atoms. The molecule has 0 N–H and O–H groups in total. The number of rotatable bonds is 2. The Balaban J connectivity index is 1.47. The highest BCUT2D eigenvalue weighted by Crippen LogP contribution is 2.37. The minimum Gasteiger partial charge on any atom is -0.454 e. The summed E-state index contributed by atoms with van der Waals surface area (Å²) in [6.07, 6.45) is 1.58. The van der Waals surface area contributed by atoms with E-state index >= 15 is 0 Å². The number of benzene rings is 2. The molecule has 7 heteroatoms. The molecule has 3 heterocycles. The normalized spacial score (nSPS) is 14.9. The van der Waals surface area contributed by atoms with Gasteiger partial charge in [-0.15, -0.1) is 11.3 Å². The van der Waals surface area contributed by atoms with Crippen LogP contribution in [0.2, 0.25) is 0 Å². The van der Waals surface area contributed by atoms with Crippen LogP contribution in [-0.4, -0.2) is 24.2 Å². The Morgan fingerprint density at radius 2 is 2.07 bits per heavy atom. The Morgan fingerprint density at radius 1 is 1.21 bits per heavy atom. The van der Waals surface area contributed by atoms with Gasteiger partial charge in [0.15, 0.2) is 11.5 Å². The third-order valence-corrected chi connectivity index (χ3v) is 5.92. The number of carbonyl (C=O) groups is 1. The van der Waals surface area contributed by atoms with Crippen molar-refractivity contribution in [2.75, 3.05) is 18.2 Å². The van der Waals surface area contributed by atoms with E-state index < -0.39 is 0 Å². The van der Waals surface area contributed by atoms with Crippen LogP contribution in [-0.2, 0) is 6.42 Å². The maximum absolute atomic E-state index is 13.8. The van der Waals surface area contributed by atoms with Crippen LogP contribution in [0.25, 0.3) is 10.6 Å². The first-order valence-corrected chi connectivity index (χ1v) is 9.94. The largest absolute Gasteiger partial charge is 0.454 e. The number of halogens is 1. The minimum absolute atomic E-state index is 0.154. The van der Waals surface area contributed by atoms with Crippen molar-refractivity contribution in [3.63, 3.8) is 0 Å². The van der Waals surface area contributed by atoms with Crippen molar-refractivity contribution in [3.8, 4) is 22.1 Å². The lowest BCUT2D eigenvalue weighted by Crippen LogP contribution is -2.36. The lowest BCUT2D eigenvalue weighted by atomic mass is 9.97. The summed E-state index contributed by atoms with van der Waals surface area (Å²) in [5, 5.41) is 2.52. The molecule has 5 rings (SSSR count). The van der Waals surface area contributed by atoms with Gasteiger partial charge in [0.2, 0.25) is 6.79 Å². The molecule has 5 nitrogen and oxygen atoms in total. The molecule has 0 unspecified atom stereocenters. The molecule has 2 aliphatic rings. The van der Waals surface area contributed by atoms with Gasteiger partial charge in [-0.25, -0.2) is 9.37 Å². The molecule has 2 aliphatic heterocycles. The van der Waals surface area contributed by atoms with E-state index in [4.69, 9.17) is 9.47 Å². The Labute approximate surface area is 165 Å². The molecule has 0 saturated heterocycles. The van der Waals surface area contributed by atoms with E-state index in [0.29, 0.717) is 23.7 Å². The van der Waals surface area contributed by atoms with Crippen molar-refractivity contribution >= 4 is 22.9 Å². The second kappa shape index (κ2) is 6.60. The molecule has 0 radical (unpaired) electrons. The van der Waals surface area contributed by atoms with Gasteiger partial charge in [-0.05, 0) is 61.2 Å². The topological polar surface area (TPSA) is 51.7 Å². The number of nitrogens with zero attached hydrogens (tertiary/aromatic N) is 2. The number of ether oxygens (including phenoxy) is 2. The smallest absolute Gasteiger partial charge is 0.277 e. The van der Waals surface area contributed by atoms with E-state index in [9.17, 15) is 9.18 Å². The van der Waals surface area contributed by atoms with Crippen LogP contribution in [0.4, 0.5) is 10.1 Å². The highest BCUT2D eigenvalue weighted by atomic mass is 32.1. The maximum Gasteiger partial charge on any atom is 0.277 e. The zero-order chi connectivity index (χ0) is 19.3. The number of carbonyl (C=O) groups excluding carboxylic acids is 1. The summed E-state index contributed by atoms with van der Waals surface area (Å²) in [6.45, 7) is 2.66. The third-order valence-electron chi connectivity index (χ3n) is 5.03. The number of anilines is 1. The Kier molecular flexibility index (Phi) is 4.05. The van der Waals surface area contributed by atoms with Crippen molar-refractivity contribution in [2.45, 2.75) is 19.8 Å². The van der Waals surface area contributed by atoms with Gasteiger partial charge in [-0.2, -0.15) is 0 Å². The van der Waals surface area contributed by atoms with Crippen molar-refractivity contribution in [3.05, 3.63) is 58.3 Å². The van der Waals surface area contributed by atoms with E-state index in [0.717, 1.165) is 40.2 Å². The standard InChI is InChI=1S/C21H17FN2O3S/c1-12-7-15(22)8-13-3-2-6-24(19(12)13)21(25)16-10-28-20(23-16)14-4-5-17-18(9-14)27-11-26-17/h4-5,7-10H,2-3,6,11H2,1H3.